The van der Waals surface area contributed by atoms with Crippen LogP contribution >= 0.6 is 0 Å². The van der Waals surface area contributed by atoms with Crippen LogP contribution in [0.3, 0.4) is 0 Å². The van der Waals surface area contributed by atoms with E-state index in [1.54, 1.807) is 0 Å². The molecule has 2 atom stereocenters. The Balaban J connectivity index is 1.37. The third kappa shape index (κ3) is 10.4. The van der Waals surface area contributed by atoms with E-state index in [4.69, 9.17) is 4.74 Å². The van der Waals surface area contributed by atoms with Gasteiger partial charge in [0.1, 0.15) is 12.6 Å². The van der Waals surface area contributed by atoms with E-state index in [0.29, 0.717) is 13.0 Å². The lowest BCUT2D eigenvalue weighted by molar-refractivity contribution is -0.124. The summed E-state index contributed by atoms with van der Waals surface area (Å²) in [4.78, 5) is 28.6. The van der Waals surface area contributed by atoms with Gasteiger partial charge in [0.2, 0.25) is 5.91 Å². The number of hydrogen-bond donors (Lipinski definition) is 3. The highest BCUT2D eigenvalue weighted by Crippen LogP contribution is 2.22. The number of ether oxygens (including phenoxy) is 1. The number of anilines is 2. The Hall–Kier alpha value is -4.00. The maximum atomic E-state index is 13.5. The summed E-state index contributed by atoms with van der Waals surface area (Å²) in [5.41, 5.74) is 4.41. The van der Waals surface area contributed by atoms with Crippen molar-refractivity contribution < 1.29 is 14.3 Å². The molecule has 0 radical (unpaired) electrons. The molecule has 0 aliphatic carbocycles. The first-order chi connectivity index (χ1) is 20.5. The summed E-state index contributed by atoms with van der Waals surface area (Å²) in [6.07, 6.45) is 5.34. The molecule has 3 aromatic rings. The highest BCUT2D eigenvalue weighted by molar-refractivity contribution is 5.85. The molecule has 3 aromatic carbocycles. The number of alkyl carbamates (subject to hydrolysis) is 1. The molecule has 7 heteroatoms. The van der Waals surface area contributed by atoms with Crippen molar-refractivity contribution in [1.82, 2.24) is 10.6 Å². The predicted molar refractivity (Wildman–Crippen MR) is 171 cm³/mol. The van der Waals surface area contributed by atoms with E-state index in [-0.39, 0.29) is 24.5 Å². The number of carbonyl (C=O) groups excluding carboxylic acids is 2. The van der Waals surface area contributed by atoms with Crippen LogP contribution in [0.1, 0.15) is 57.1 Å². The Labute approximate surface area is 251 Å². The fourth-order valence-electron chi connectivity index (χ4n) is 5.31. The number of nitrogens with zero attached hydrogens (tertiary/aromatic N) is 1. The van der Waals surface area contributed by atoms with Gasteiger partial charge in [0.05, 0.1) is 0 Å². The lowest BCUT2D eigenvalue weighted by atomic mass is 10.0. The van der Waals surface area contributed by atoms with Crippen molar-refractivity contribution in [3.05, 3.63) is 96.1 Å². The van der Waals surface area contributed by atoms with Crippen molar-refractivity contribution in [3.8, 4) is 0 Å². The van der Waals surface area contributed by atoms with Crippen LogP contribution in [0.2, 0.25) is 0 Å². The number of amides is 2. The van der Waals surface area contributed by atoms with Crippen LogP contribution in [-0.2, 0) is 22.6 Å². The molecule has 2 amide bonds. The van der Waals surface area contributed by atoms with E-state index < -0.39 is 12.1 Å². The van der Waals surface area contributed by atoms with Crippen molar-refractivity contribution in [2.24, 2.45) is 5.92 Å². The van der Waals surface area contributed by atoms with Crippen LogP contribution in [-0.4, -0.2) is 43.7 Å². The van der Waals surface area contributed by atoms with Gasteiger partial charge in [0, 0.05) is 37.1 Å². The Kier molecular flexibility index (Phi) is 12.1. The quantitative estimate of drug-likeness (QED) is 0.205. The van der Waals surface area contributed by atoms with Gasteiger partial charge in [-0.3, -0.25) is 4.79 Å². The van der Waals surface area contributed by atoms with E-state index in [1.807, 2.05) is 62.4 Å². The van der Waals surface area contributed by atoms with E-state index >= 15 is 0 Å². The largest absolute Gasteiger partial charge is 0.445 e. The number of piperidine rings is 1. The van der Waals surface area contributed by atoms with Crippen LogP contribution in [0.25, 0.3) is 0 Å². The average molecular weight is 571 g/mol. The SMILES string of the molecule is CC(C)C[C@H](NC(=O)OCc1ccccc1)C(=O)N[C@@H](CCc1ccccc1)CNc1ccc(N2CCCCC2)cc1. The third-order valence-electron chi connectivity index (χ3n) is 7.64. The third-order valence-corrected chi connectivity index (χ3v) is 7.64. The molecule has 1 aliphatic heterocycles. The molecule has 1 fully saturated rings. The molecule has 42 heavy (non-hydrogen) atoms. The first-order valence-corrected chi connectivity index (χ1v) is 15.4. The molecule has 0 aromatic heterocycles. The fraction of sp³-hybridized carbons (Fsp3) is 0.429. The number of nitrogens with one attached hydrogen (secondary N) is 3. The van der Waals surface area contributed by atoms with Gasteiger partial charge < -0.3 is 25.6 Å². The monoisotopic (exact) mass is 570 g/mol. The van der Waals surface area contributed by atoms with Crippen LogP contribution < -0.4 is 20.9 Å². The number of aryl methyl sites for hydroxylation is 1. The first-order valence-electron chi connectivity index (χ1n) is 15.4. The maximum absolute atomic E-state index is 13.5. The molecule has 0 spiro atoms. The molecular weight excluding hydrogens is 524 g/mol. The van der Waals surface area contributed by atoms with Crippen molar-refractivity contribution in [2.45, 2.75) is 71.1 Å². The minimum atomic E-state index is -0.684. The summed E-state index contributed by atoms with van der Waals surface area (Å²) in [6, 6.07) is 27.6. The minimum Gasteiger partial charge on any atom is -0.445 e. The van der Waals surface area contributed by atoms with Gasteiger partial charge in [-0.25, -0.2) is 4.79 Å². The van der Waals surface area contributed by atoms with E-state index in [9.17, 15) is 9.59 Å². The van der Waals surface area contributed by atoms with E-state index in [1.165, 1.54) is 30.5 Å². The van der Waals surface area contributed by atoms with E-state index in [0.717, 1.165) is 37.2 Å². The Morgan fingerprint density at radius 3 is 2.10 bits per heavy atom. The van der Waals surface area contributed by atoms with Crippen LogP contribution in [0, 0.1) is 5.92 Å². The number of hydrogen-bond acceptors (Lipinski definition) is 5. The Morgan fingerprint density at radius 1 is 0.810 bits per heavy atom. The minimum absolute atomic E-state index is 0.128. The molecule has 1 saturated heterocycles. The zero-order chi connectivity index (χ0) is 29.6. The van der Waals surface area contributed by atoms with Crippen molar-refractivity contribution in [2.75, 3.05) is 29.9 Å². The molecule has 4 rings (SSSR count). The molecule has 1 aliphatic rings. The van der Waals surface area contributed by atoms with Gasteiger partial charge in [0.25, 0.3) is 0 Å². The molecule has 7 nitrogen and oxygen atoms in total. The van der Waals surface area contributed by atoms with Crippen molar-refractivity contribution in [1.29, 1.82) is 0 Å². The highest BCUT2D eigenvalue weighted by atomic mass is 16.5. The van der Waals surface area contributed by atoms with Gasteiger partial charge in [-0.05, 0) is 79.8 Å². The second kappa shape index (κ2) is 16.4. The smallest absolute Gasteiger partial charge is 0.408 e. The summed E-state index contributed by atoms with van der Waals surface area (Å²) >= 11 is 0. The molecule has 224 valence electrons. The Morgan fingerprint density at radius 2 is 1.45 bits per heavy atom. The number of benzene rings is 3. The van der Waals surface area contributed by atoms with Crippen molar-refractivity contribution in [3.63, 3.8) is 0 Å². The molecule has 3 N–H and O–H groups in total. The summed E-state index contributed by atoms with van der Waals surface area (Å²) in [7, 11) is 0. The normalized spacial score (nSPS) is 14.6. The van der Waals surface area contributed by atoms with Crippen molar-refractivity contribution >= 4 is 23.4 Å². The van der Waals surface area contributed by atoms with Crippen LogP contribution in [0.4, 0.5) is 16.2 Å². The average Bonchev–Trinajstić information content (AvgIpc) is 3.02. The van der Waals surface area contributed by atoms with Gasteiger partial charge in [0.15, 0.2) is 0 Å². The first kappa shape index (κ1) is 30.9. The molecule has 0 bridgehead atoms. The number of rotatable bonds is 14. The highest BCUT2D eigenvalue weighted by Gasteiger charge is 2.25. The van der Waals surface area contributed by atoms with E-state index in [2.05, 4.69) is 57.2 Å². The molecule has 0 saturated carbocycles. The fourth-order valence-corrected chi connectivity index (χ4v) is 5.31. The summed E-state index contributed by atoms with van der Waals surface area (Å²) in [5, 5.41) is 9.57. The van der Waals surface area contributed by atoms with Gasteiger partial charge in [-0.15, -0.1) is 0 Å². The molecular formula is C35H46N4O3. The summed E-state index contributed by atoms with van der Waals surface area (Å²) < 4.78 is 5.41. The zero-order valence-corrected chi connectivity index (χ0v) is 25.1. The summed E-state index contributed by atoms with van der Waals surface area (Å²) in [6.45, 7) is 7.05. The predicted octanol–water partition coefficient (Wildman–Crippen LogP) is 6.55. The van der Waals surface area contributed by atoms with Gasteiger partial charge >= 0.3 is 6.09 Å². The second-order valence-corrected chi connectivity index (χ2v) is 11.6. The summed E-state index contributed by atoms with van der Waals surface area (Å²) in [5.74, 6) is 0.0233. The second-order valence-electron chi connectivity index (χ2n) is 11.6. The topological polar surface area (TPSA) is 82.7 Å². The van der Waals surface area contributed by atoms with Gasteiger partial charge in [-0.1, -0.05) is 74.5 Å². The lowest BCUT2D eigenvalue weighted by Crippen LogP contribution is -2.51. The zero-order valence-electron chi connectivity index (χ0n) is 25.1. The number of carbonyl (C=O) groups is 2. The molecule has 1 heterocycles. The molecule has 0 unspecified atom stereocenters. The van der Waals surface area contributed by atoms with Crippen LogP contribution in [0.15, 0.2) is 84.9 Å². The van der Waals surface area contributed by atoms with Gasteiger partial charge in [-0.2, -0.15) is 0 Å². The van der Waals surface area contributed by atoms with Crippen LogP contribution in [0.5, 0.6) is 0 Å². The maximum Gasteiger partial charge on any atom is 0.408 e. The lowest BCUT2D eigenvalue weighted by Gasteiger charge is -2.29. The standard InChI is InChI=1S/C35H46N4O3/c1-27(2)24-33(38-35(41)42-26-29-14-8-4-9-15-29)34(40)37-31(17-16-28-12-6-3-7-13-28)25-36-30-18-20-32(21-19-30)39-22-10-5-11-23-39/h3-4,6-9,12-15,18-21,27,31,33,36H,5,10-11,16-17,22-26H2,1-2H3,(H,37,40)(H,38,41)/t31-,33-/m0/s1. The Bertz CT molecular complexity index is 1210.